The van der Waals surface area contributed by atoms with Crippen molar-refractivity contribution >= 4 is 0 Å². The molecule has 17 heavy (non-hydrogen) atoms. The lowest BCUT2D eigenvalue weighted by atomic mass is 9.91. The maximum absolute atomic E-state index is 5.70. The Balaban J connectivity index is 2.01. The Kier molecular flexibility index (Phi) is 3.80. The Morgan fingerprint density at radius 1 is 1.29 bits per heavy atom. The number of fused-ring (bicyclic) bond motifs is 2. The lowest BCUT2D eigenvalue weighted by Gasteiger charge is -2.46. The van der Waals surface area contributed by atoms with Crippen molar-refractivity contribution in [1.82, 2.24) is 10.2 Å². The first-order chi connectivity index (χ1) is 8.08. The van der Waals surface area contributed by atoms with Crippen LogP contribution in [0.5, 0.6) is 0 Å². The van der Waals surface area contributed by atoms with E-state index in [1.807, 2.05) is 0 Å². The molecule has 2 aliphatic rings. The second kappa shape index (κ2) is 5.00. The van der Waals surface area contributed by atoms with Crippen molar-refractivity contribution in [3.63, 3.8) is 0 Å². The van der Waals surface area contributed by atoms with E-state index in [9.17, 15) is 0 Å². The summed E-state index contributed by atoms with van der Waals surface area (Å²) in [5, 5.41) is 3.68. The molecule has 96 valence electrons. The van der Waals surface area contributed by atoms with Crippen LogP contribution in [0, 0.1) is 12.3 Å². The molecule has 0 saturated carbocycles. The summed E-state index contributed by atoms with van der Waals surface area (Å²) in [5.74, 6) is 2.98. The molecular formula is C15H26N2. The van der Waals surface area contributed by atoms with E-state index in [2.05, 4.69) is 36.9 Å². The van der Waals surface area contributed by atoms with Gasteiger partial charge in [-0.2, -0.15) is 0 Å². The predicted octanol–water partition coefficient (Wildman–Crippen LogP) is 2.39. The van der Waals surface area contributed by atoms with Gasteiger partial charge in [0.1, 0.15) is 0 Å². The topological polar surface area (TPSA) is 15.3 Å². The van der Waals surface area contributed by atoms with Gasteiger partial charge in [-0.25, -0.2) is 0 Å². The van der Waals surface area contributed by atoms with Gasteiger partial charge in [0.15, 0.2) is 0 Å². The molecule has 2 heteroatoms. The maximum atomic E-state index is 5.70. The quantitative estimate of drug-likeness (QED) is 0.751. The zero-order chi connectivity index (χ0) is 12.5. The van der Waals surface area contributed by atoms with Crippen molar-refractivity contribution in [1.29, 1.82) is 0 Å². The van der Waals surface area contributed by atoms with E-state index < -0.39 is 0 Å². The van der Waals surface area contributed by atoms with Gasteiger partial charge in [-0.05, 0) is 52.5 Å². The van der Waals surface area contributed by atoms with E-state index in [0.29, 0.717) is 12.1 Å². The molecule has 0 amide bonds. The summed E-state index contributed by atoms with van der Waals surface area (Å²) in [6, 6.07) is 2.13. The summed E-state index contributed by atoms with van der Waals surface area (Å²) in [4.78, 5) is 2.61. The summed E-state index contributed by atoms with van der Waals surface area (Å²) >= 11 is 0. The fourth-order valence-corrected chi connectivity index (χ4v) is 3.68. The average Bonchev–Trinajstić information content (AvgIpc) is 2.60. The molecule has 2 unspecified atom stereocenters. The number of hydrogen-bond acceptors (Lipinski definition) is 2. The first-order valence-corrected chi connectivity index (χ1v) is 7.08. The highest BCUT2D eigenvalue weighted by Crippen LogP contribution is 2.40. The molecule has 0 radical (unpaired) electrons. The zero-order valence-corrected chi connectivity index (χ0v) is 11.5. The molecule has 1 N–H and O–H groups in total. The Morgan fingerprint density at radius 2 is 1.88 bits per heavy atom. The number of piperidine rings is 1. The number of nitrogens with one attached hydrogen (secondary N) is 1. The molecule has 2 heterocycles. The fourth-order valence-electron chi connectivity index (χ4n) is 3.68. The lowest BCUT2D eigenvalue weighted by molar-refractivity contribution is 0.0522. The van der Waals surface area contributed by atoms with Crippen LogP contribution in [-0.2, 0) is 0 Å². The van der Waals surface area contributed by atoms with Gasteiger partial charge in [0, 0.05) is 18.1 Å². The highest BCUT2D eigenvalue weighted by molar-refractivity contribution is 5.14. The van der Waals surface area contributed by atoms with E-state index in [-0.39, 0.29) is 5.54 Å². The number of terminal acetylenes is 1. The summed E-state index contributed by atoms with van der Waals surface area (Å²) < 4.78 is 0. The van der Waals surface area contributed by atoms with E-state index in [0.717, 1.165) is 12.6 Å². The molecule has 2 nitrogen and oxygen atoms in total. The number of nitrogens with zero attached hydrogens (tertiary/aromatic N) is 1. The maximum Gasteiger partial charge on any atom is 0.0770 e. The van der Waals surface area contributed by atoms with Gasteiger partial charge in [0.05, 0.1) is 5.54 Å². The third-order valence-electron chi connectivity index (χ3n) is 4.41. The molecule has 0 spiro atoms. The molecule has 0 aromatic heterocycles. The van der Waals surface area contributed by atoms with Gasteiger partial charge >= 0.3 is 0 Å². The summed E-state index contributed by atoms with van der Waals surface area (Å²) in [6.45, 7) is 7.77. The van der Waals surface area contributed by atoms with Crippen molar-refractivity contribution < 1.29 is 0 Å². The third kappa shape index (κ3) is 2.51. The lowest BCUT2D eigenvalue weighted by Crippen LogP contribution is -2.56. The smallest absolute Gasteiger partial charge is 0.0770 e. The van der Waals surface area contributed by atoms with Crippen LogP contribution in [0.3, 0.4) is 0 Å². The van der Waals surface area contributed by atoms with Crippen LogP contribution < -0.4 is 5.32 Å². The van der Waals surface area contributed by atoms with Gasteiger partial charge in [0.2, 0.25) is 0 Å². The predicted molar refractivity (Wildman–Crippen MR) is 72.9 cm³/mol. The van der Waals surface area contributed by atoms with Crippen molar-refractivity contribution in [2.45, 2.75) is 76.5 Å². The average molecular weight is 234 g/mol. The molecule has 2 aliphatic heterocycles. The normalized spacial score (nSPS) is 33.6. The van der Waals surface area contributed by atoms with Crippen LogP contribution in [0.15, 0.2) is 0 Å². The van der Waals surface area contributed by atoms with E-state index in [1.54, 1.807) is 0 Å². The van der Waals surface area contributed by atoms with Gasteiger partial charge in [-0.15, -0.1) is 6.42 Å². The Bertz CT molecular complexity index is 289. The SMILES string of the molecule is C#CC(C)(C)N1C2CCC1CC(NCCC)C2. The molecule has 0 aromatic carbocycles. The molecule has 2 rings (SSSR count). The minimum Gasteiger partial charge on any atom is -0.314 e. The Labute approximate surface area is 106 Å². The van der Waals surface area contributed by atoms with Gasteiger partial charge < -0.3 is 5.32 Å². The van der Waals surface area contributed by atoms with Crippen LogP contribution in [0.25, 0.3) is 0 Å². The molecule has 2 saturated heterocycles. The summed E-state index contributed by atoms with van der Waals surface area (Å²) in [6.07, 6.45) is 12.2. The molecule has 0 aromatic rings. The van der Waals surface area contributed by atoms with Gasteiger partial charge in [-0.3, -0.25) is 4.90 Å². The Hall–Kier alpha value is -0.520. The first-order valence-electron chi connectivity index (χ1n) is 7.08. The summed E-state index contributed by atoms with van der Waals surface area (Å²) in [5.41, 5.74) is -0.0679. The van der Waals surface area contributed by atoms with Crippen molar-refractivity contribution in [3.8, 4) is 12.3 Å². The Morgan fingerprint density at radius 3 is 2.35 bits per heavy atom. The van der Waals surface area contributed by atoms with Crippen LogP contribution in [0.1, 0.15) is 52.9 Å². The van der Waals surface area contributed by atoms with E-state index >= 15 is 0 Å². The minimum absolute atomic E-state index is 0.0679. The van der Waals surface area contributed by atoms with Crippen LogP contribution >= 0.6 is 0 Å². The molecule has 2 atom stereocenters. The first kappa shape index (κ1) is 12.9. The van der Waals surface area contributed by atoms with Crippen LogP contribution in [0.2, 0.25) is 0 Å². The standard InChI is InChI=1S/C15H26N2/c1-5-9-16-12-10-13-7-8-14(11-12)17(13)15(3,4)6-2/h2,12-14,16H,5,7-11H2,1,3-4H3. The molecule has 0 aliphatic carbocycles. The van der Waals surface area contributed by atoms with Crippen molar-refractivity contribution in [3.05, 3.63) is 0 Å². The molecule has 2 fully saturated rings. The number of rotatable bonds is 4. The van der Waals surface area contributed by atoms with Crippen LogP contribution in [-0.4, -0.2) is 35.1 Å². The van der Waals surface area contributed by atoms with Crippen LogP contribution in [0.4, 0.5) is 0 Å². The van der Waals surface area contributed by atoms with Gasteiger partial charge in [0.25, 0.3) is 0 Å². The number of hydrogen-bond donors (Lipinski definition) is 1. The fraction of sp³-hybridized carbons (Fsp3) is 0.867. The summed E-state index contributed by atoms with van der Waals surface area (Å²) in [7, 11) is 0. The minimum atomic E-state index is -0.0679. The second-order valence-corrected chi connectivity index (χ2v) is 6.12. The van der Waals surface area contributed by atoms with E-state index in [4.69, 9.17) is 6.42 Å². The van der Waals surface area contributed by atoms with Crippen molar-refractivity contribution in [2.24, 2.45) is 0 Å². The highest BCUT2D eigenvalue weighted by Gasteiger charge is 2.46. The third-order valence-corrected chi connectivity index (χ3v) is 4.41. The monoisotopic (exact) mass is 234 g/mol. The highest BCUT2D eigenvalue weighted by atomic mass is 15.3. The van der Waals surface area contributed by atoms with Gasteiger partial charge in [-0.1, -0.05) is 12.8 Å². The largest absolute Gasteiger partial charge is 0.314 e. The van der Waals surface area contributed by atoms with Crippen molar-refractivity contribution in [2.75, 3.05) is 6.54 Å². The van der Waals surface area contributed by atoms with E-state index in [1.165, 1.54) is 32.1 Å². The molecular weight excluding hydrogens is 208 g/mol. The second-order valence-electron chi connectivity index (χ2n) is 6.12. The molecule has 2 bridgehead atoms. The zero-order valence-electron chi connectivity index (χ0n) is 11.5.